The van der Waals surface area contributed by atoms with Gasteiger partial charge < -0.3 is 5.32 Å². The number of benzene rings is 2. The van der Waals surface area contributed by atoms with Crippen LogP contribution in [0.3, 0.4) is 0 Å². The van der Waals surface area contributed by atoms with Crippen molar-refractivity contribution in [2.45, 2.75) is 32.4 Å². The quantitative estimate of drug-likeness (QED) is 0.539. The molecule has 31 heavy (non-hydrogen) atoms. The Kier molecular flexibility index (Phi) is 4.82. The molecule has 1 aliphatic rings. The van der Waals surface area contributed by atoms with Gasteiger partial charge in [-0.05, 0) is 60.0 Å². The summed E-state index contributed by atoms with van der Waals surface area (Å²) in [6, 6.07) is 17.0. The lowest BCUT2D eigenvalue weighted by atomic mass is 10.1. The van der Waals surface area contributed by atoms with E-state index in [1.165, 1.54) is 21.5 Å². The summed E-state index contributed by atoms with van der Waals surface area (Å²) in [6.07, 6.45) is 1.77. The summed E-state index contributed by atoms with van der Waals surface area (Å²) in [7, 11) is 0. The molecule has 2 aromatic heterocycles. The number of fused-ring (bicyclic) bond motifs is 2. The average molecular weight is 432 g/mol. The lowest BCUT2D eigenvalue weighted by Gasteiger charge is -2.16. The zero-order valence-electron chi connectivity index (χ0n) is 17.0. The number of hydrogen-bond acceptors (Lipinski definition) is 4. The number of hydrogen-bond donors (Lipinski definition) is 1. The number of nitrogens with one attached hydrogen (secondary N) is 1. The van der Waals surface area contributed by atoms with Crippen LogP contribution in [-0.4, -0.2) is 15.0 Å². The van der Waals surface area contributed by atoms with Crippen LogP contribution >= 0.6 is 11.3 Å². The third-order valence-corrected chi connectivity index (χ3v) is 6.68. The number of amides is 1. The molecule has 0 saturated carbocycles. The molecule has 2 aromatic carbocycles. The zero-order chi connectivity index (χ0) is 21.5. The smallest absolute Gasteiger partial charge is 0.336 e. The van der Waals surface area contributed by atoms with Gasteiger partial charge in [0.25, 0.3) is 5.56 Å². The molecule has 0 saturated heterocycles. The van der Waals surface area contributed by atoms with E-state index in [9.17, 15) is 14.4 Å². The van der Waals surface area contributed by atoms with Gasteiger partial charge in [0.1, 0.15) is 11.2 Å². The minimum atomic E-state index is -0.511. The van der Waals surface area contributed by atoms with Crippen molar-refractivity contribution in [3.8, 4) is 5.69 Å². The molecule has 5 rings (SSSR count). The van der Waals surface area contributed by atoms with Crippen molar-refractivity contribution >= 4 is 27.5 Å². The van der Waals surface area contributed by atoms with Gasteiger partial charge in [-0.25, -0.2) is 9.36 Å². The molecule has 0 aliphatic heterocycles. The maximum atomic E-state index is 13.3. The molecule has 2 heterocycles. The molecule has 1 unspecified atom stereocenters. The molecular weight excluding hydrogens is 410 g/mol. The summed E-state index contributed by atoms with van der Waals surface area (Å²) in [5.41, 5.74) is 3.45. The van der Waals surface area contributed by atoms with Crippen molar-refractivity contribution in [1.82, 2.24) is 14.5 Å². The summed E-state index contributed by atoms with van der Waals surface area (Å²) in [6.45, 7) is 1.76. The Hall–Kier alpha value is -3.45. The molecule has 156 valence electrons. The third kappa shape index (κ3) is 3.41. The Morgan fingerprint density at radius 3 is 2.81 bits per heavy atom. The fraction of sp³-hybridized carbons (Fsp3) is 0.208. The average Bonchev–Trinajstić information content (AvgIpc) is 3.39. The summed E-state index contributed by atoms with van der Waals surface area (Å²) >= 11 is 1.28. The first-order valence-electron chi connectivity index (χ1n) is 10.2. The van der Waals surface area contributed by atoms with Gasteiger partial charge in [-0.3, -0.25) is 14.2 Å². The van der Waals surface area contributed by atoms with E-state index in [0.29, 0.717) is 15.9 Å². The molecule has 4 aromatic rings. The van der Waals surface area contributed by atoms with Gasteiger partial charge in [0.2, 0.25) is 5.91 Å². The molecule has 0 fully saturated rings. The van der Waals surface area contributed by atoms with Crippen LogP contribution in [0.2, 0.25) is 0 Å². The number of nitrogens with zero attached hydrogens (tertiary/aromatic N) is 2. The van der Waals surface area contributed by atoms with Gasteiger partial charge >= 0.3 is 5.69 Å². The van der Waals surface area contributed by atoms with Crippen LogP contribution in [0.1, 0.15) is 29.2 Å². The molecule has 0 radical (unpaired) electrons. The van der Waals surface area contributed by atoms with Crippen LogP contribution in [0.5, 0.6) is 0 Å². The lowest BCUT2D eigenvalue weighted by Crippen LogP contribution is -2.41. The van der Waals surface area contributed by atoms with Gasteiger partial charge in [-0.15, -0.1) is 11.3 Å². The van der Waals surface area contributed by atoms with Crippen molar-refractivity contribution in [3.05, 3.63) is 97.5 Å². The van der Waals surface area contributed by atoms with Crippen LogP contribution in [0.15, 0.2) is 69.6 Å². The standard InChI is InChI=1S/C24H21N3O3S/c1-15-5-4-7-17(13-15)27-23(29)22-20(11-12-31-22)26(24(27)30)14-21(28)25-19-10-9-16-6-2-3-8-18(16)19/h2-8,11-13,19H,9-10,14H2,1H3,(H,25,28). The number of carbonyl (C=O) groups is 1. The number of aryl methyl sites for hydroxylation is 2. The number of aromatic nitrogens is 2. The van der Waals surface area contributed by atoms with Crippen molar-refractivity contribution in [1.29, 1.82) is 0 Å². The second-order valence-electron chi connectivity index (χ2n) is 7.84. The van der Waals surface area contributed by atoms with Crippen molar-refractivity contribution in [2.75, 3.05) is 0 Å². The molecule has 7 heteroatoms. The highest BCUT2D eigenvalue weighted by Gasteiger charge is 2.24. The Balaban J connectivity index is 1.53. The Morgan fingerprint density at radius 2 is 1.97 bits per heavy atom. The van der Waals surface area contributed by atoms with E-state index in [4.69, 9.17) is 0 Å². The predicted octanol–water partition coefficient (Wildman–Crippen LogP) is 3.33. The highest BCUT2D eigenvalue weighted by molar-refractivity contribution is 7.17. The molecule has 0 spiro atoms. The summed E-state index contributed by atoms with van der Waals surface area (Å²) in [4.78, 5) is 39.3. The largest absolute Gasteiger partial charge is 0.348 e. The van der Waals surface area contributed by atoms with E-state index < -0.39 is 5.69 Å². The molecular formula is C24H21N3O3S. The zero-order valence-corrected chi connectivity index (χ0v) is 17.8. The topological polar surface area (TPSA) is 73.1 Å². The molecule has 1 atom stereocenters. The van der Waals surface area contributed by atoms with Crippen molar-refractivity contribution in [2.24, 2.45) is 0 Å². The molecule has 1 aliphatic carbocycles. The number of rotatable bonds is 4. The third-order valence-electron chi connectivity index (χ3n) is 5.78. The molecule has 1 amide bonds. The number of thiophene rings is 1. The summed E-state index contributed by atoms with van der Waals surface area (Å²) < 4.78 is 3.01. The first-order valence-corrected chi connectivity index (χ1v) is 11.1. The lowest BCUT2D eigenvalue weighted by molar-refractivity contribution is -0.122. The van der Waals surface area contributed by atoms with E-state index >= 15 is 0 Å². The second kappa shape index (κ2) is 7.67. The van der Waals surface area contributed by atoms with Gasteiger partial charge in [0, 0.05) is 0 Å². The van der Waals surface area contributed by atoms with E-state index in [1.807, 2.05) is 37.3 Å². The Bertz CT molecular complexity index is 1430. The normalized spacial score (nSPS) is 15.2. The van der Waals surface area contributed by atoms with E-state index in [2.05, 4.69) is 11.4 Å². The van der Waals surface area contributed by atoms with Crippen LogP contribution in [-0.2, 0) is 17.8 Å². The molecule has 6 nitrogen and oxygen atoms in total. The maximum absolute atomic E-state index is 13.3. The van der Waals surface area contributed by atoms with Gasteiger partial charge in [-0.1, -0.05) is 36.4 Å². The van der Waals surface area contributed by atoms with E-state index in [1.54, 1.807) is 23.6 Å². The summed E-state index contributed by atoms with van der Waals surface area (Å²) in [5, 5.41) is 4.84. The highest BCUT2D eigenvalue weighted by Crippen LogP contribution is 2.30. The van der Waals surface area contributed by atoms with Crippen LogP contribution in [0.4, 0.5) is 0 Å². The highest BCUT2D eigenvalue weighted by atomic mass is 32.1. The van der Waals surface area contributed by atoms with Gasteiger partial charge in [-0.2, -0.15) is 0 Å². The van der Waals surface area contributed by atoms with Crippen LogP contribution in [0.25, 0.3) is 15.9 Å². The summed E-state index contributed by atoms with van der Waals surface area (Å²) in [5.74, 6) is -0.245. The first kappa shape index (κ1) is 19.5. The number of carbonyl (C=O) groups excluding carboxylic acids is 1. The monoisotopic (exact) mass is 431 g/mol. The SMILES string of the molecule is Cc1cccc(-n2c(=O)c3sccc3n(CC(=O)NC3CCc4ccccc43)c2=O)c1. The van der Waals surface area contributed by atoms with Crippen LogP contribution in [0, 0.1) is 6.92 Å². The molecule has 0 bridgehead atoms. The fourth-order valence-electron chi connectivity index (χ4n) is 4.33. The predicted molar refractivity (Wildman–Crippen MR) is 122 cm³/mol. The van der Waals surface area contributed by atoms with Crippen molar-refractivity contribution in [3.63, 3.8) is 0 Å². The van der Waals surface area contributed by atoms with Gasteiger partial charge in [0.05, 0.1) is 17.2 Å². The second-order valence-corrected chi connectivity index (χ2v) is 8.76. The first-order chi connectivity index (χ1) is 15.0. The van der Waals surface area contributed by atoms with E-state index in [0.717, 1.165) is 28.5 Å². The Morgan fingerprint density at radius 1 is 1.13 bits per heavy atom. The van der Waals surface area contributed by atoms with Crippen LogP contribution < -0.4 is 16.6 Å². The minimum absolute atomic E-state index is 0.0555. The Labute approximate surface area is 182 Å². The minimum Gasteiger partial charge on any atom is -0.348 e. The van der Waals surface area contributed by atoms with Gasteiger partial charge in [0.15, 0.2) is 0 Å². The fourth-order valence-corrected chi connectivity index (χ4v) is 5.15. The van der Waals surface area contributed by atoms with Crippen molar-refractivity contribution < 1.29 is 4.79 Å². The van der Waals surface area contributed by atoms with E-state index in [-0.39, 0.29) is 24.1 Å². The molecule has 1 N–H and O–H groups in total. The maximum Gasteiger partial charge on any atom is 0.336 e.